The molecule has 2 aromatic carbocycles. The van der Waals surface area contributed by atoms with Gasteiger partial charge in [0, 0.05) is 51.8 Å². The summed E-state index contributed by atoms with van der Waals surface area (Å²) in [4.78, 5) is 62.6. The van der Waals surface area contributed by atoms with E-state index in [4.69, 9.17) is 26.8 Å². The molecule has 2 saturated heterocycles. The highest BCUT2D eigenvalue weighted by Gasteiger charge is 2.36. The number of hydrogen-bond donors (Lipinski definition) is 2. The van der Waals surface area contributed by atoms with Crippen LogP contribution in [-0.2, 0) is 31.7 Å². The van der Waals surface area contributed by atoms with Crippen LogP contribution >= 0.6 is 11.6 Å². The van der Waals surface area contributed by atoms with Gasteiger partial charge in [-0.15, -0.1) is 5.10 Å². The maximum Gasteiger partial charge on any atom is 0.418 e. The number of nitrogen functional groups attached to an aromatic ring is 1. The van der Waals surface area contributed by atoms with Crippen LogP contribution in [0.25, 0.3) is 11.4 Å². The molecule has 2 amide bonds. The van der Waals surface area contributed by atoms with Crippen LogP contribution in [0.15, 0.2) is 47.3 Å². The summed E-state index contributed by atoms with van der Waals surface area (Å²) < 4.78 is 54.2. The van der Waals surface area contributed by atoms with Gasteiger partial charge in [-0.3, -0.25) is 14.6 Å². The number of alkyl halides is 3. The van der Waals surface area contributed by atoms with Gasteiger partial charge in [-0.2, -0.15) is 13.2 Å². The number of carbonyl (C=O) groups excluding carboxylic acids is 3. The molecule has 2 aliphatic rings. The van der Waals surface area contributed by atoms with Crippen molar-refractivity contribution in [3.8, 4) is 11.4 Å². The number of ether oxygens (including phenoxy) is 2. The molecule has 18 heteroatoms. The molecule has 14 nitrogen and oxygen atoms in total. The lowest BCUT2D eigenvalue weighted by molar-refractivity contribution is -0.144. The largest absolute Gasteiger partial charge is 0.466 e. The summed E-state index contributed by atoms with van der Waals surface area (Å²) in [6.45, 7) is 6.49. The maximum atomic E-state index is 14.0. The van der Waals surface area contributed by atoms with Gasteiger partial charge in [-0.25, -0.2) is 14.3 Å². The van der Waals surface area contributed by atoms with Crippen LogP contribution in [0.4, 0.5) is 23.7 Å². The molecular weight excluding hydrogens is 805 g/mol. The van der Waals surface area contributed by atoms with Gasteiger partial charge in [-0.1, -0.05) is 48.9 Å². The summed E-state index contributed by atoms with van der Waals surface area (Å²) in [6.07, 6.45) is -2.97. The van der Waals surface area contributed by atoms with Crippen LogP contribution in [-0.4, -0.2) is 132 Å². The number of H-pyrrole nitrogens is 1. The number of likely N-dealkylation sites (tertiary alicyclic amines) is 2. The molecule has 0 saturated carbocycles. The predicted octanol–water partition coefficient (Wildman–Crippen LogP) is 5.96. The number of piperidine rings is 2. The normalized spacial score (nSPS) is 16.8. The fourth-order valence-corrected chi connectivity index (χ4v) is 8.08. The molecule has 3 aromatic rings. The molecule has 330 valence electrons. The van der Waals surface area contributed by atoms with Gasteiger partial charge in [0.1, 0.15) is 0 Å². The number of aromatic nitrogens is 3. The van der Waals surface area contributed by atoms with Crippen molar-refractivity contribution >= 4 is 35.3 Å². The van der Waals surface area contributed by atoms with Crippen molar-refractivity contribution in [2.45, 2.75) is 76.6 Å². The molecule has 2 fully saturated rings. The second-order valence-corrected chi connectivity index (χ2v) is 16.7. The standard InChI is InChI=1S/C42H58ClF3N8O6/c1-28(30-12-19-52(20-13-30)21-16-36(55)59-24-8-17-50(2)3)11-18-51(4)39(56)35(27-29-25-33(42(44,45)46)37(47)34(43)26-29)60-41(58)53-22-14-32(15-23-53)54-40(57)48-38(49-54)31-9-6-5-7-10-31/h5-7,9-10,25-26,28,30,32,35H,8,11-24,27,47H2,1-4H3,(H,48,49,57)/t28?,35-/m1/s1. The molecule has 2 atom stereocenters. The Morgan fingerprint density at radius 3 is 2.35 bits per heavy atom. The summed E-state index contributed by atoms with van der Waals surface area (Å²) in [5.74, 6) is 0.335. The average Bonchev–Trinajstić information content (AvgIpc) is 3.62. The number of halogens is 4. The first-order valence-corrected chi connectivity index (χ1v) is 21.0. The zero-order valence-electron chi connectivity index (χ0n) is 34.9. The zero-order valence-corrected chi connectivity index (χ0v) is 35.6. The molecule has 2 aliphatic heterocycles. The number of aromatic amines is 1. The van der Waals surface area contributed by atoms with Crippen LogP contribution in [0.5, 0.6) is 0 Å². The van der Waals surface area contributed by atoms with Gasteiger partial charge in [0.25, 0.3) is 5.91 Å². The molecule has 3 heterocycles. The van der Waals surface area contributed by atoms with E-state index in [0.29, 0.717) is 57.1 Å². The van der Waals surface area contributed by atoms with E-state index in [0.717, 1.165) is 50.5 Å². The number of esters is 1. The van der Waals surface area contributed by atoms with Gasteiger partial charge < -0.3 is 34.8 Å². The van der Waals surface area contributed by atoms with Gasteiger partial charge in [0.05, 0.1) is 35.3 Å². The highest BCUT2D eigenvalue weighted by atomic mass is 35.5. The first-order valence-electron chi connectivity index (χ1n) is 20.6. The molecule has 0 bridgehead atoms. The van der Waals surface area contributed by atoms with Crippen molar-refractivity contribution < 1.29 is 37.0 Å². The number of likely N-dealkylation sites (N-methyl/N-ethyl adjacent to an activating group) is 1. The van der Waals surface area contributed by atoms with E-state index in [-0.39, 0.29) is 53.7 Å². The molecule has 0 radical (unpaired) electrons. The topological polar surface area (TPSA) is 159 Å². The van der Waals surface area contributed by atoms with E-state index < -0.39 is 35.5 Å². The maximum absolute atomic E-state index is 14.0. The fraction of sp³-hybridized carbons (Fsp3) is 0.595. The lowest BCUT2D eigenvalue weighted by atomic mass is 9.83. The minimum atomic E-state index is -4.80. The van der Waals surface area contributed by atoms with Crippen molar-refractivity contribution in [1.82, 2.24) is 34.4 Å². The number of amides is 2. The van der Waals surface area contributed by atoms with Crippen molar-refractivity contribution in [3.05, 3.63) is 69.1 Å². The number of nitrogens with two attached hydrogens (primary N) is 1. The highest BCUT2D eigenvalue weighted by Crippen LogP contribution is 2.38. The third kappa shape index (κ3) is 12.9. The lowest BCUT2D eigenvalue weighted by Gasteiger charge is -2.35. The zero-order chi connectivity index (χ0) is 43.6. The minimum Gasteiger partial charge on any atom is -0.466 e. The first kappa shape index (κ1) is 46.5. The second kappa shape index (κ2) is 21.3. The molecule has 3 N–H and O–H groups in total. The van der Waals surface area contributed by atoms with Gasteiger partial charge in [-0.05, 0) is 95.2 Å². The smallest absolute Gasteiger partial charge is 0.418 e. The Kier molecular flexibility index (Phi) is 16.5. The first-order chi connectivity index (χ1) is 28.5. The highest BCUT2D eigenvalue weighted by molar-refractivity contribution is 6.33. The summed E-state index contributed by atoms with van der Waals surface area (Å²) in [7, 11) is 5.54. The Morgan fingerprint density at radius 2 is 1.70 bits per heavy atom. The summed E-state index contributed by atoms with van der Waals surface area (Å²) in [5.41, 5.74) is 4.32. The fourth-order valence-electron chi connectivity index (χ4n) is 7.84. The van der Waals surface area contributed by atoms with Crippen molar-refractivity contribution in [2.75, 3.05) is 79.3 Å². The number of anilines is 1. The van der Waals surface area contributed by atoms with E-state index in [2.05, 4.69) is 21.9 Å². The van der Waals surface area contributed by atoms with Gasteiger partial charge in [0.15, 0.2) is 11.9 Å². The SMILES string of the molecule is CC(CCN(C)C(=O)[C@@H](Cc1cc(Cl)c(N)c(C(F)(F)F)c1)OC(=O)N1CCC(n2nc(-c3ccccc3)[nH]c2=O)CC1)C1CCN(CCC(=O)OCCCN(C)C)CC1. The third-order valence-electron chi connectivity index (χ3n) is 11.6. The Bertz CT molecular complexity index is 1950. The number of hydrogen-bond acceptors (Lipinski definition) is 10. The summed E-state index contributed by atoms with van der Waals surface area (Å²) >= 11 is 6.13. The van der Waals surface area contributed by atoms with Crippen LogP contribution in [0, 0.1) is 11.8 Å². The van der Waals surface area contributed by atoms with E-state index in [9.17, 15) is 32.3 Å². The number of rotatable bonds is 17. The molecule has 0 spiro atoms. The van der Waals surface area contributed by atoms with Crippen molar-refractivity contribution in [1.29, 1.82) is 0 Å². The second-order valence-electron chi connectivity index (χ2n) is 16.3. The molecular formula is C42H58ClF3N8O6. The van der Waals surface area contributed by atoms with Crippen LogP contribution in [0.3, 0.4) is 0 Å². The van der Waals surface area contributed by atoms with E-state index in [1.54, 1.807) is 7.05 Å². The van der Waals surface area contributed by atoms with Crippen molar-refractivity contribution in [2.24, 2.45) is 11.8 Å². The summed E-state index contributed by atoms with van der Waals surface area (Å²) in [6, 6.07) is 11.0. The Morgan fingerprint density at radius 1 is 1.02 bits per heavy atom. The third-order valence-corrected chi connectivity index (χ3v) is 11.9. The van der Waals surface area contributed by atoms with Gasteiger partial charge in [0.2, 0.25) is 0 Å². The van der Waals surface area contributed by atoms with Crippen LogP contribution < -0.4 is 11.4 Å². The predicted molar refractivity (Wildman–Crippen MR) is 222 cm³/mol. The Labute approximate surface area is 354 Å². The van der Waals surface area contributed by atoms with E-state index in [1.165, 1.54) is 20.5 Å². The quantitative estimate of drug-likeness (QED) is 0.0943. The molecule has 0 aliphatic carbocycles. The number of benzene rings is 2. The minimum absolute atomic E-state index is 0.0321. The average molecular weight is 863 g/mol. The lowest BCUT2D eigenvalue weighted by Crippen LogP contribution is -2.46. The summed E-state index contributed by atoms with van der Waals surface area (Å²) in [5, 5.41) is 4.16. The van der Waals surface area contributed by atoms with Crippen molar-refractivity contribution in [3.63, 3.8) is 0 Å². The number of nitrogens with one attached hydrogen (secondary N) is 1. The Hall–Kier alpha value is -4.61. The molecule has 60 heavy (non-hydrogen) atoms. The van der Waals surface area contributed by atoms with E-state index in [1.807, 2.05) is 49.3 Å². The number of carbonyl (C=O) groups is 3. The molecule has 1 unspecified atom stereocenters. The monoisotopic (exact) mass is 862 g/mol. The molecule has 5 rings (SSSR count). The molecule has 1 aromatic heterocycles. The Balaban J connectivity index is 1.17. The number of nitrogens with zero attached hydrogens (tertiary/aromatic N) is 6. The van der Waals surface area contributed by atoms with Crippen LogP contribution in [0.2, 0.25) is 5.02 Å². The van der Waals surface area contributed by atoms with Gasteiger partial charge >= 0.3 is 23.9 Å². The van der Waals surface area contributed by atoms with Crippen LogP contribution in [0.1, 0.15) is 69.0 Å². The van der Waals surface area contributed by atoms with E-state index >= 15 is 0 Å².